The summed E-state index contributed by atoms with van der Waals surface area (Å²) < 4.78 is 25.5. The Morgan fingerprint density at radius 2 is 1.65 bits per heavy atom. The van der Waals surface area contributed by atoms with E-state index in [1.165, 1.54) is 11.0 Å². The summed E-state index contributed by atoms with van der Waals surface area (Å²) in [5, 5.41) is 3.02. The molecule has 2 amide bonds. The highest BCUT2D eigenvalue weighted by Gasteiger charge is 2.32. The quantitative estimate of drug-likeness (QED) is 0.443. The highest BCUT2D eigenvalue weighted by Crippen LogP contribution is 2.33. The molecule has 0 radical (unpaired) electrons. The zero-order valence-corrected chi connectivity index (χ0v) is 21.5. The van der Waals surface area contributed by atoms with Gasteiger partial charge in [-0.05, 0) is 56.5 Å². The molecule has 1 aliphatic rings. The van der Waals surface area contributed by atoms with Crippen molar-refractivity contribution in [1.29, 1.82) is 0 Å². The normalized spacial score (nSPS) is 13.2. The number of nitrogens with one attached hydrogen (secondary N) is 1. The summed E-state index contributed by atoms with van der Waals surface area (Å²) in [6.45, 7) is 5.85. The number of fused-ring (bicyclic) bond motifs is 1. The highest BCUT2D eigenvalue weighted by atomic mass is 19.1. The molecule has 0 saturated carbocycles. The minimum Gasteiger partial charge on any atom is -0.454 e. The first kappa shape index (κ1) is 26.2. The predicted molar refractivity (Wildman–Crippen MR) is 140 cm³/mol. The van der Waals surface area contributed by atoms with Gasteiger partial charge in [-0.2, -0.15) is 0 Å². The zero-order chi connectivity index (χ0) is 26.4. The molecule has 0 bridgehead atoms. The zero-order valence-electron chi connectivity index (χ0n) is 21.5. The number of nitrogens with zero attached hydrogens (tertiary/aromatic N) is 1. The molecule has 0 aromatic heterocycles. The number of carbonyl (C=O) groups is 2. The Bertz CT molecular complexity index is 1240. The molecule has 0 fully saturated rings. The van der Waals surface area contributed by atoms with E-state index in [4.69, 9.17) is 9.47 Å². The molecule has 3 aromatic rings. The Morgan fingerprint density at radius 3 is 2.38 bits per heavy atom. The van der Waals surface area contributed by atoms with Gasteiger partial charge in [-0.25, -0.2) is 4.39 Å². The van der Waals surface area contributed by atoms with E-state index in [1.807, 2.05) is 69.3 Å². The van der Waals surface area contributed by atoms with Crippen molar-refractivity contribution >= 4 is 11.8 Å². The van der Waals surface area contributed by atoms with Gasteiger partial charge in [0.15, 0.2) is 11.5 Å². The van der Waals surface area contributed by atoms with Crippen molar-refractivity contribution < 1.29 is 23.5 Å². The first-order valence-electron chi connectivity index (χ1n) is 12.5. The number of halogens is 1. The van der Waals surface area contributed by atoms with Crippen molar-refractivity contribution in [3.05, 3.63) is 95.3 Å². The van der Waals surface area contributed by atoms with Crippen molar-refractivity contribution in [2.24, 2.45) is 0 Å². The van der Waals surface area contributed by atoms with Crippen molar-refractivity contribution in [3.8, 4) is 11.5 Å². The SMILES string of the molecule is CC(C)(C)NC(=O)C(Cc1ccccc1)N(Cc1ccccc1F)C(=O)CCc1ccc2c(c1)OCO2. The van der Waals surface area contributed by atoms with Gasteiger partial charge in [0, 0.05) is 30.5 Å². The minimum absolute atomic E-state index is 0.0122. The van der Waals surface area contributed by atoms with Gasteiger partial charge in [0.2, 0.25) is 18.6 Å². The Labute approximate surface area is 217 Å². The predicted octanol–water partition coefficient (Wildman–Crippen LogP) is 5.04. The van der Waals surface area contributed by atoms with Crippen LogP contribution in [0.4, 0.5) is 4.39 Å². The fourth-order valence-corrected chi connectivity index (χ4v) is 4.31. The van der Waals surface area contributed by atoms with Crippen LogP contribution >= 0.6 is 0 Å². The Kier molecular flexibility index (Phi) is 8.11. The third kappa shape index (κ3) is 7.09. The Balaban J connectivity index is 1.62. The van der Waals surface area contributed by atoms with Crippen LogP contribution in [-0.2, 0) is 29.0 Å². The van der Waals surface area contributed by atoms with E-state index < -0.39 is 17.4 Å². The third-order valence-electron chi connectivity index (χ3n) is 6.13. The molecule has 194 valence electrons. The van der Waals surface area contributed by atoms with Gasteiger partial charge in [0.05, 0.1) is 0 Å². The van der Waals surface area contributed by atoms with Gasteiger partial charge >= 0.3 is 0 Å². The first-order chi connectivity index (χ1) is 17.7. The van der Waals surface area contributed by atoms with Crippen LogP contribution in [0.5, 0.6) is 11.5 Å². The van der Waals surface area contributed by atoms with Crippen LogP contribution < -0.4 is 14.8 Å². The number of hydrogen-bond acceptors (Lipinski definition) is 4. The maximum atomic E-state index is 14.7. The second kappa shape index (κ2) is 11.5. The molecule has 6 nitrogen and oxygen atoms in total. The summed E-state index contributed by atoms with van der Waals surface area (Å²) >= 11 is 0. The number of amides is 2. The maximum Gasteiger partial charge on any atom is 0.243 e. The topological polar surface area (TPSA) is 67.9 Å². The summed E-state index contributed by atoms with van der Waals surface area (Å²) in [4.78, 5) is 28.8. The summed E-state index contributed by atoms with van der Waals surface area (Å²) in [5.41, 5.74) is 1.70. The maximum absolute atomic E-state index is 14.7. The van der Waals surface area contributed by atoms with Crippen molar-refractivity contribution in [2.75, 3.05) is 6.79 Å². The molecule has 7 heteroatoms. The molecule has 3 aromatic carbocycles. The molecule has 1 atom stereocenters. The fourth-order valence-electron chi connectivity index (χ4n) is 4.31. The van der Waals surface area contributed by atoms with Crippen LogP contribution in [0.15, 0.2) is 72.8 Å². The third-order valence-corrected chi connectivity index (χ3v) is 6.13. The summed E-state index contributed by atoms with van der Waals surface area (Å²) in [6.07, 6.45) is 0.914. The van der Waals surface area contributed by atoms with Gasteiger partial charge in [-0.3, -0.25) is 9.59 Å². The van der Waals surface area contributed by atoms with Gasteiger partial charge < -0.3 is 19.7 Å². The molecule has 1 N–H and O–H groups in total. The number of rotatable bonds is 9. The molecular weight excluding hydrogens is 471 g/mol. The van der Waals surface area contributed by atoms with Gasteiger partial charge in [0.25, 0.3) is 0 Å². The average Bonchev–Trinajstić information content (AvgIpc) is 3.33. The van der Waals surface area contributed by atoms with E-state index in [2.05, 4.69) is 5.32 Å². The van der Waals surface area contributed by atoms with Crippen LogP contribution in [0.1, 0.15) is 43.9 Å². The average molecular weight is 505 g/mol. The van der Waals surface area contributed by atoms with E-state index in [0.29, 0.717) is 29.9 Å². The molecule has 1 unspecified atom stereocenters. The second-order valence-corrected chi connectivity index (χ2v) is 10.2. The van der Waals surface area contributed by atoms with Crippen molar-refractivity contribution in [2.45, 2.75) is 58.2 Å². The van der Waals surface area contributed by atoms with Crippen molar-refractivity contribution in [1.82, 2.24) is 10.2 Å². The molecule has 1 aliphatic heterocycles. The molecule has 0 aliphatic carbocycles. The molecule has 1 heterocycles. The van der Waals surface area contributed by atoms with Crippen LogP contribution in [0.2, 0.25) is 0 Å². The van der Waals surface area contributed by atoms with E-state index in [1.54, 1.807) is 18.2 Å². The summed E-state index contributed by atoms with van der Waals surface area (Å²) in [6, 6.07) is 20.7. The first-order valence-corrected chi connectivity index (χ1v) is 12.5. The van der Waals surface area contributed by atoms with Crippen LogP contribution in [0.25, 0.3) is 0 Å². The Morgan fingerprint density at radius 1 is 0.946 bits per heavy atom. The van der Waals surface area contributed by atoms with Gasteiger partial charge in [-0.15, -0.1) is 0 Å². The smallest absolute Gasteiger partial charge is 0.243 e. The van der Waals surface area contributed by atoms with Crippen molar-refractivity contribution in [3.63, 3.8) is 0 Å². The molecule has 4 rings (SSSR count). The molecule has 0 saturated heterocycles. The number of aryl methyl sites for hydroxylation is 1. The van der Waals surface area contributed by atoms with Crippen LogP contribution in [0, 0.1) is 5.82 Å². The standard InChI is InChI=1S/C30H33FN2O4/c1-30(2,3)32-29(35)25(17-21-9-5-4-6-10-21)33(19-23-11-7-8-12-24(23)31)28(34)16-14-22-13-15-26-27(18-22)37-20-36-26/h4-13,15,18,25H,14,16-17,19-20H2,1-3H3,(H,32,35). The van der Waals surface area contributed by atoms with Crippen LogP contribution in [0.3, 0.4) is 0 Å². The summed E-state index contributed by atoms with van der Waals surface area (Å²) in [7, 11) is 0. The van der Waals surface area contributed by atoms with E-state index >= 15 is 0 Å². The van der Waals surface area contributed by atoms with Gasteiger partial charge in [0.1, 0.15) is 11.9 Å². The van der Waals surface area contributed by atoms with E-state index in [0.717, 1.165) is 11.1 Å². The van der Waals surface area contributed by atoms with Crippen LogP contribution in [-0.4, -0.2) is 35.1 Å². The monoisotopic (exact) mass is 504 g/mol. The largest absolute Gasteiger partial charge is 0.454 e. The van der Waals surface area contributed by atoms with E-state index in [9.17, 15) is 14.0 Å². The lowest BCUT2D eigenvalue weighted by Gasteiger charge is -2.34. The summed E-state index contributed by atoms with van der Waals surface area (Å²) in [5.74, 6) is 0.415. The number of hydrogen-bond donors (Lipinski definition) is 1. The minimum atomic E-state index is -0.814. The fraction of sp³-hybridized carbons (Fsp3) is 0.333. The molecular formula is C30H33FN2O4. The second-order valence-electron chi connectivity index (χ2n) is 10.2. The van der Waals surface area contributed by atoms with E-state index in [-0.39, 0.29) is 31.6 Å². The number of benzene rings is 3. The Hall–Kier alpha value is -3.87. The number of carbonyl (C=O) groups excluding carboxylic acids is 2. The lowest BCUT2D eigenvalue weighted by Crippen LogP contribution is -2.54. The van der Waals surface area contributed by atoms with Gasteiger partial charge in [-0.1, -0.05) is 54.6 Å². The highest BCUT2D eigenvalue weighted by molar-refractivity contribution is 5.88. The molecule has 0 spiro atoms. The molecule has 37 heavy (non-hydrogen) atoms. The lowest BCUT2D eigenvalue weighted by atomic mass is 9.99. The lowest BCUT2D eigenvalue weighted by molar-refractivity contribution is -0.142. The number of ether oxygens (including phenoxy) is 2.